The van der Waals surface area contributed by atoms with Crippen LogP contribution in [0.25, 0.3) is 0 Å². The molecule has 4 nitrogen and oxygen atoms in total. The number of aromatic nitrogens is 1. The first-order valence-electron chi connectivity index (χ1n) is 8.87. The molecule has 2 atom stereocenters. The van der Waals surface area contributed by atoms with Crippen LogP contribution in [0.3, 0.4) is 0 Å². The predicted octanol–water partition coefficient (Wildman–Crippen LogP) is 3.01. The second kappa shape index (κ2) is 8.15. The molecule has 1 fully saturated rings. The number of aliphatic hydroxyl groups excluding tert-OH is 1. The van der Waals surface area contributed by atoms with E-state index in [0.717, 1.165) is 38.6 Å². The van der Waals surface area contributed by atoms with Crippen LogP contribution in [-0.2, 0) is 13.0 Å². The van der Waals surface area contributed by atoms with Gasteiger partial charge in [-0.25, -0.2) is 0 Å². The summed E-state index contributed by atoms with van der Waals surface area (Å²) in [5.74, 6) is 0.374. The topological polar surface area (TPSA) is 54.3 Å². The predicted molar refractivity (Wildman–Crippen MR) is 94.9 cm³/mol. The maximum atomic E-state index is 12.5. The van der Waals surface area contributed by atoms with Gasteiger partial charge in [-0.3, -0.25) is 4.79 Å². The third kappa shape index (κ3) is 4.48. The largest absolute Gasteiger partial charge is 0.393 e. The second-order valence-corrected chi connectivity index (χ2v) is 6.72. The van der Waals surface area contributed by atoms with Crippen LogP contribution in [0.5, 0.6) is 0 Å². The quantitative estimate of drug-likeness (QED) is 0.857. The Bertz CT molecular complexity index is 651. The summed E-state index contributed by atoms with van der Waals surface area (Å²) in [5.41, 5.74) is 1.98. The summed E-state index contributed by atoms with van der Waals surface area (Å²) in [4.78, 5) is 12.5. The van der Waals surface area contributed by atoms with Crippen molar-refractivity contribution in [1.29, 1.82) is 0 Å². The number of amides is 1. The maximum Gasteiger partial charge on any atom is 0.267 e. The molecule has 2 unspecified atom stereocenters. The van der Waals surface area contributed by atoms with E-state index in [9.17, 15) is 9.90 Å². The number of aryl methyl sites for hydroxylation is 2. The molecule has 1 amide bonds. The Morgan fingerprint density at radius 3 is 2.79 bits per heavy atom. The molecule has 0 spiro atoms. The smallest absolute Gasteiger partial charge is 0.267 e. The third-order valence-corrected chi connectivity index (χ3v) is 4.85. The zero-order valence-electron chi connectivity index (χ0n) is 14.0. The van der Waals surface area contributed by atoms with Gasteiger partial charge in [-0.15, -0.1) is 0 Å². The Morgan fingerprint density at radius 2 is 2.00 bits per heavy atom. The molecule has 1 heterocycles. The SMILES string of the molecule is O=C(NCC1CCCC(O)C1)c1cccn1CCc1ccccc1. The highest BCUT2D eigenvalue weighted by atomic mass is 16.3. The van der Waals surface area contributed by atoms with Gasteiger partial charge in [0, 0.05) is 19.3 Å². The van der Waals surface area contributed by atoms with E-state index in [1.54, 1.807) is 0 Å². The molecule has 4 heteroatoms. The zero-order valence-corrected chi connectivity index (χ0v) is 14.0. The number of nitrogens with one attached hydrogen (secondary N) is 1. The minimum atomic E-state index is -0.199. The molecule has 0 saturated heterocycles. The standard InChI is InChI=1S/C20H26N2O2/c23-18-9-4-8-17(14-18)15-21-20(24)19-10-5-12-22(19)13-11-16-6-2-1-3-7-16/h1-3,5-7,10,12,17-18,23H,4,8-9,11,13-15H2,(H,21,24). The van der Waals surface area contributed by atoms with E-state index in [0.29, 0.717) is 18.2 Å². The number of benzene rings is 1. The van der Waals surface area contributed by atoms with Crippen molar-refractivity contribution < 1.29 is 9.90 Å². The summed E-state index contributed by atoms with van der Waals surface area (Å²) in [6.45, 7) is 1.45. The summed E-state index contributed by atoms with van der Waals surface area (Å²) in [6, 6.07) is 14.1. The van der Waals surface area contributed by atoms with Gasteiger partial charge in [0.1, 0.15) is 5.69 Å². The van der Waals surface area contributed by atoms with E-state index in [2.05, 4.69) is 17.4 Å². The normalized spacial score (nSPS) is 20.7. The highest BCUT2D eigenvalue weighted by Gasteiger charge is 2.21. The summed E-state index contributed by atoms with van der Waals surface area (Å²) < 4.78 is 2.01. The lowest BCUT2D eigenvalue weighted by Gasteiger charge is -2.25. The molecular formula is C20H26N2O2. The van der Waals surface area contributed by atoms with Crippen molar-refractivity contribution in [3.05, 3.63) is 59.9 Å². The maximum absolute atomic E-state index is 12.5. The first kappa shape index (κ1) is 16.8. The van der Waals surface area contributed by atoms with Gasteiger partial charge in [0.2, 0.25) is 0 Å². The Balaban J connectivity index is 1.53. The lowest BCUT2D eigenvalue weighted by molar-refractivity contribution is 0.0867. The van der Waals surface area contributed by atoms with Crippen molar-refractivity contribution in [2.45, 2.75) is 44.8 Å². The monoisotopic (exact) mass is 326 g/mol. The van der Waals surface area contributed by atoms with Gasteiger partial charge in [-0.05, 0) is 49.3 Å². The average Bonchev–Trinajstić information content (AvgIpc) is 3.07. The molecule has 1 aromatic carbocycles. The van der Waals surface area contributed by atoms with Crippen LogP contribution in [0.1, 0.15) is 41.7 Å². The van der Waals surface area contributed by atoms with Crippen molar-refractivity contribution in [2.75, 3.05) is 6.54 Å². The summed E-state index contributed by atoms with van der Waals surface area (Å²) in [6.07, 6.45) is 6.51. The molecule has 24 heavy (non-hydrogen) atoms. The highest BCUT2D eigenvalue weighted by Crippen LogP contribution is 2.23. The number of rotatable bonds is 6. The van der Waals surface area contributed by atoms with E-state index in [1.165, 1.54) is 5.56 Å². The Kier molecular flexibility index (Phi) is 5.70. The van der Waals surface area contributed by atoms with Crippen molar-refractivity contribution in [2.24, 2.45) is 5.92 Å². The van der Waals surface area contributed by atoms with Gasteiger partial charge in [-0.2, -0.15) is 0 Å². The number of aliphatic hydroxyl groups is 1. The van der Waals surface area contributed by atoms with Crippen molar-refractivity contribution in [3.8, 4) is 0 Å². The van der Waals surface area contributed by atoms with Gasteiger partial charge in [0.05, 0.1) is 6.10 Å². The summed E-state index contributed by atoms with van der Waals surface area (Å²) >= 11 is 0. The van der Waals surface area contributed by atoms with Gasteiger partial charge in [-0.1, -0.05) is 36.8 Å². The number of carbonyl (C=O) groups excluding carboxylic acids is 1. The van der Waals surface area contributed by atoms with Gasteiger partial charge < -0.3 is 15.0 Å². The van der Waals surface area contributed by atoms with Gasteiger partial charge in [0.25, 0.3) is 5.91 Å². The van der Waals surface area contributed by atoms with Crippen molar-refractivity contribution in [3.63, 3.8) is 0 Å². The molecular weight excluding hydrogens is 300 g/mol. The third-order valence-electron chi connectivity index (χ3n) is 4.85. The first-order valence-corrected chi connectivity index (χ1v) is 8.87. The lowest BCUT2D eigenvalue weighted by atomic mass is 9.87. The molecule has 2 N–H and O–H groups in total. The number of hydrogen-bond donors (Lipinski definition) is 2. The summed E-state index contributed by atoms with van der Waals surface area (Å²) in [5, 5.41) is 12.8. The lowest BCUT2D eigenvalue weighted by Crippen LogP contribution is -2.34. The molecule has 3 rings (SSSR count). The number of nitrogens with zero attached hydrogens (tertiary/aromatic N) is 1. The van der Waals surface area contributed by atoms with Crippen LogP contribution < -0.4 is 5.32 Å². The van der Waals surface area contributed by atoms with Crippen molar-refractivity contribution >= 4 is 5.91 Å². The Hall–Kier alpha value is -2.07. The Labute approximate surface area is 143 Å². The van der Waals surface area contributed by atoms with Crippen molar-refractivity contribution in [1.82, 2.24) is 9.88 Å². The van der Waals surface area contributed by atoms with Gasteiger partial charge in [0.15, 0.2) is 0 Å². The fraction of sp³-hybridized carbons (Fsp3) is 0.450. The van der Waals surface area contributed by atoms with Crippen LogP contribution in [0.4, 0.5) is 0 Å². The molecule has 2 aromatic rings. The summed E-state index contributed by atoms with van der Waals surface area (Å²) in [7, 11) is 0. The Morgan fingerprint density at radius 1 is 1.17 bits per heavy atom. The number of carbonyl (C=O) groups is 1. The molecule has 128 valence electrons. The molecule has 1 aliphatic rings. The minimum Gasteiger partial charge on any atom is -0.393 e. The number of hydrogen-bond acceptors (Lipinski definition) is 2. The van der Waals surface area contributed by atoms with Gasteiger partial charge >= 0.3 is 0 Å². The highest BCUT2D eigenvalue weighted by molar-refractivity contribution is 5.92. The van der Waals surface area contributed by atoms with Crippen LogP contribution in [0, 0.1) is 5.92 Å². The second-order valence-electron chi connectivity index (χ2n) is 6.72. The van der Waals surface area contributed by atoms with Crippen LogP contribution >= 0.6 is 0 Å². The first-order chi connectivity index (χ1) is 11.7. The van der Waals surface area contributed by atoms with Crippen LogP contribution in [0.2, 0.25) is 0 Å². The zero-order chi connectivity index (χ0) is 16.8. The average molecular weight is 326 g/mol. The van der Waals surface area contributed by atoms with E-state index in [1.807, 2.05) is 41.1 Å². The van der Waals surface area contributed by atoms with E-state index in [-0.39, 0.29) is 12.0 Å². The molecule has 0 bridgehead atoms. The molecule has 1 aromatic heterocycles. The van der Waals surface area contributed by atoms with E-state index < -0.39 is 0 Å². The fourth-order valence-corrected chi connectivity index (χ4v) is 3.49. The fourth-order valence-electron chi connectivity index (χ4n) is 3.49. The molecule has 0 radical (unpaired) electrons. The van der Waals surface area contributed by atoms with E-state index >= 15 is 0 Å². The van der Waals surface area contributed by atoms with E-state index in [4.69, 9.17) is 0 Å². The molecule has 1 saturated carbocycles. The van der Waals surface area contributed by atoms with Crippen LogP contribution in [0.15, 0.2) is 48.7 Å². The minimum absolute atomic E-state index is 0.0203. The van der Waals surface area contributed by atoms with Crippen LogP contribution in [-0.4, -0.2) is 28.2 Å². The molecule has 0 aliphatic heterocycles. The molecule has 1 aliphatic carbocycles.